The Morgan fingerprint density at radius 3 is 2.39 bits per heavy atom. The molecule has 0 spiro atoms. The van der Waals surface area contributed by atoms with Crippen LogP contribution in [0.3, 0.4) is 0 Å². The SMILES string of the molecule is COC1CC(C2CCC3NCC4C(C3C2)C(C2CCC(C(C)(C)C#N)CC2)NN4C)CCN1. The van der Waals surface area contributed by atoms with Crippen molar-refractivity contribution in [1.29, 1.82) is 5.26 Å². The average molecular weight is 458 g/mol. The molecule has 186 valence electrons. The molecule has 3 heterocycles. The van der Waals surface area contributed by atoms with E-state index in [9.17, 15) is 5.26 Å². The molecule has 0 aromatic carbocycles. The van der Waals surface area contributed by atoms with Gasteiger partial charge in [0.1, 0.15) is 6.23 Å². The maximum absolute atomic E-state index is 9.62. The number of nitrogens with zero attached hydrogens (tertiary/aromatic N) is 2. The first-order valence-electron chi connectivity index (χ1n) is 13.8. The molecule has 0 radical (unpaired) electrons. The van der Waals surface area contributed by atoms with Crippen molar-refractivity contribution in [2.45, 2.75) is 96.0 Å². The Morgan fingerprint density at radius 2 is 1.67 bits per heavy atom. The lowest BCUT2D eigenvalue weighted by Gasteiger charge is -2.50. The summed E-state index contributed by atoms with van der Waals surface area (Å²) < 4.78 is 5.68. The Hall–Kier alpha value is -0.710. The van der Waals surface area contributed by atoms with Crippen LogP contribution >= 0.6 is 0 Å². The lowest BCUT2D eigenvalue weighted by molar-refractivity contribution is -0.00451. The summed E-state index contributed by atoms with van der Waals surface area (Å²) in [6, 6.07) is 4.51. The first kappa shape index (κ1) is 24.0. The van der Waals surface area contributed by atoms with E-state index < -0.39 is 0 Å². The fourth-order valence-electron chi connectivity index (χ4n) is 8.58. The molecule has 33 heavy (non-hydrogen) atoms. The van der Waals surface area contributed by atoms with E-state index in [0.29, 0.717) is 24.0 Å². The molecule has 0 aromatic heterocycles. The Labute approximate surface area is 201 Å². The van der Waals surface area contributed by atoms with Gasteiger partial charge in [0.05, 0.1) is 11.5 Å². The number of nitrogens with one attached hydrogen (secondary N) is 3. The van der Waals surface area contributed by atoms with Crippen LogP contribution in [0.1, 0.15) is 71.6 Å². The number of likely N-dealkylation sites (N-methyl/N-ethyl adjacent to an activating group) is 1. The number of nitriles is 1. The molecule has 0 amide bonds. The van der Waals surface area contributed by atoms with Crippen molar-refractivity contribution >= 4 is 0 Å². The summed E-state index contributed by atoms with van der Waals surface area (Å²) in [5, 5.41) is 19.6. The molecule has 8 unspecified atom stereocenters. The lowest BCUT2D eigenvalue weighted by atomic mass is 9.60. The fraction of sp³-hybridized carbons (Fsp3) is 0.963. The summed E-state index contributed by atoms with van der Waals surface area (Å²) in [4.78, 5) is 0. The highest BCUT2D eigenvalue weighted by Gasteiger charge is 2.53. The molecule has 6 heteroatoms. The fourth-order valence-corrected chi connectivity index (χ4v) is 8.58. The third-order valence-corrected chi connectivity index (χ3v) is 10.7. The number of hydrogen-bond acceptors (Lipinski definition) is 6. The first-order valence-corrected chi connectivity index (χ1v) is 13.8. The lowest BCUT2D eigenvalue weighted by Crippen LogP contribution is -2.59. The molecule has 3 N–H and O–H groups in total. The molecular weight excluding hydrogens is 410 g/mol. The third kappa shape index (κ3) is 4.61. The monoisotopic (exact) mass is 457 g/mol. The van der Waals surface area contributed by atoms with Crippen LogP contribution in [-0.2, 0) is 4.74 Å². The molecule has 0 aromatic rings. The molecule has 8 atom stereocenters. The molecule has 2 saturated carbocycles. The highest BCUT2D eigenvalue weighted by atomic mass is 16.5. The predicted molar refractivity (Wildman–Crippen MR) is 131 cm³/mol. The van der Waals surface area contributed by atoms with Crippen molar-refractivity contribution in [3.05, 3.63) is 0 Å². The number of fused-ring (bicyclic) bond motifs is 3. The van der Waals surface area contributed by atoms with Gasteiger partial charge in [0.15, 0.2) is 0 Å². The standard InChI is InChI=1S/C27H47N5O/c1-27(2,16-28)20-8-5-17(6-9-20)26-25-21-13-18(19-11-12-29-24(14-19)33-4)7-10-22(21)30-15-23(25)32(3)31-26/h17-26,29-31H,5-15H2,1-4H3. The first-order chi connectivity index (χ1) is 15.9. The van der Waals surface area contributed by atoms with Gasteiger partial charge < -0.3 is 10.1 Å². The summed E-state index contributed by atoms with van der Waals surface area (Å²) in [6.45, 7) is 6.52. The smallest absolute Gasteiger partial charge is 0.108 e. The summed E-state index contributed by atoms with van der Waals surface area (Å²) in [6.07, 6.45) is 11.9. The summed E-state index contributed by atoms with van der Waals surface area (Å²) in [5.74, 6) is 4.52. The number of piperidine rings is 2. The second kappa shape index (κ2) is 9.74. The molecule has 6 nitrogen and oxygen atoms in total. The maximum Gasteiger partial charge on any atom is 0.108 e. The van der Waals surface area contributed by atoms with E-state index in [1.165, 1.54) is 57.8 Å². The maximum atomic E-state index is 9.62. The van der Waals surface area contributed by atoms with E-state index in [1.54, 1.807) is 0 Å². The Balaban J connectivity index is 1.28. The number of rotatable bonds is 4. The van der Waals surface area contributed by atoms with Gasteiger partial charge in [-0.15, -0.1) is 0 Å². The van der Waals surface area contributed by atoms with Crippen LogP contribution in [-0.4, -0.2) is 56.6 Å². The topological polar surface area (TPSA) is 72.3 Å². The molecule has 0 bridgehead atoms. The van der Waals surface area contributed by atoms with Gasteiger partial charge in [-0.2, -0.15) is 5.26 Å². The molecule has 5 rings (SSSR count). The van der Waals surface area contributed by atoms with Crippen LogP contribution in [0.4, 0.5) is 0 Å². The number of methoxy groups -OCH3 is 1. The van der Waals surface area contributed by atoms with Crippen molar-refractivity contribution in [3.8, 4) is 6.07 Å². The molecule has 3 aliphatic heterocycles. The Morgan fingerprint density at radius 1 is 0.939 bits per heavy atom. The van der Waals surface area contributed by atoms with Gasteiger partial charge in [-0.1, -0.05) is 0 Å². The van der Waals surface area contributed by atoms with Gasteiger partial charge in [-0.3, -0.25) is 10.7 Å². The van der Waals surface area contributed by atoms with Crippen LogP contribution in [0.25, 0.3) is 0 Å². The second-order valence-corrected chi connectivity index (χ2v) is 12.6. The Bertz CT molecular complexity index is 714. The van der Waals surface area contributed by atoms with Crippen molar-refractivity contribution in [2.24, 2.45) is 40.9 Å². The van der Waals surface area contributed by atoms with E-state index >= 15 is 0 Å². The molecular formula is C27H47N5O. The van der Waals surface area contributed by atoms with Crippen molar-refractivity contribution in [1.82, 2.24) is 21.1 Å². The van der Waals surface area contributed by atoms with Crippen LogP contribution in [0.15, 0.2) is 0 Å². The average Bonchev–Trinajstić information content (AvgIpc) is 3.20. The van der Waals surface area contributed by atoms with Gasteiger partial charge in [-0.05, 0) is 114 Å². The van der Waals surface area contributed by atoms with Gasteiger partial charge in [-0.25, -0.2) is 5.01 Å². The van der Waals surface area contributed by atoms with Crippen molar-refractivity contribution < 1.29 is 4.74 Å². The summed E-state index contributed by atoms with van der Waals surface area (Å²) in [7, 11) is 4.13. The van der Waals surface area contributed by atoms with Gasteiger partial charge >= 0.3 is 0 Å². The van der Waals surface area contributed by atoms with Crippen LogP contribution in [0.5, 0.6) is 0 Å². The minimum Gasteiger partial charge on any atom is -0.367 e. The zero-order chi connectivity index (χ0) is 23.2. The molecule has 2 aliphatic carbocycles. The van der Waals surface area contributed by atoms with Gasteiger partial charge in [0.25, 0.3) is 0 Å². The molecule has 3 saturated heterocycles. The highest BCUT2D eigenvalue weighted by molar-refractivity contribution is 5.08. The summed E-state index contributed by atoms with van der Waals surface area (Å²) in [5.41, 5.74) is 3.79. The van der Waals surface area contributed by atoms with Crippen molar-refractivity contribution in [3.63, 3.8) is 0 Å². The summed E-state index contributed by atoms with van der Waals surface area (Å²) >= 11 is 0. The van der Waals surface area contributed by atoms with E-state index in [0.717, 1.165) is 42.7 Å². The number of hydrazine groups is 1. The highest BCUT2D eigenvalue weighted by Crippen LogP contribution is 2.49. The predicted octanol–water partition coefficient (Wildman–Crippen LogP) is 3.51. The van der Waals surface area contributed by atoms with Crippen LogP contribution in [0, 0.1) is 52.3 Å². The van der Waals surface area contributed by atoms with E-state index in [4.69, 9.17) is 4.74 Å². The quantitative estimate of drug-likeness (QED) is 0.600. The zero-order valence-electron chi connectivity index (χ0n) is 21.4. The largest absolute Gasteiger partial charge is 0.367 e. The Kier molecular flexibility index (Phi) is 7.09. The van der Waals surface area contributed by atoms with Gasteiger partial charge in [0.2, 0.25) is 0 Å². The minimum absolute atomic E-state index is 0.182. The zero-order valence-corrected chi connectivity index (χ0v) is 21.4. The third-order valence-electron chi connectivity index (χ3n) is 10.7. The normalized spacial score (nSPS) is 46.9. The van der Waals surface area contributed by atoms with Crippen molar-refractivity contribution in [2.75, 3.05) is 27.2 Å². The van der Waals surface area contributed by atoms with Crippen LogP contribution < -0.4 is 16.1 Å². The number of ether oxygens (including phenoxy) is 1. The van der Waals surface area contributed by atoms with E-state index in [1.807, 2.05) is 7.11 Å². The van der Waals surface area contributed by atoms with E-state index in [2.05, 4.69) is 48.0 Å². The minimum atomic E-state index is -0.182. The van der Waals surface area contributed by atoms with Gasteiger partial charge in [0, 0.05) is 38.8 Å². The second-order valence-electron chi connectivity index (χ2n) is 12.6. The van der Waals surface area contributed by atoms with E-state index in [-0.39, 0.29) is 11.6 Å². The van der Waals surface area contributed by atoms with Crippen LogP contribution in [0.2, 0.25) is 0 Å². The number of hydrogen-bond donors (Lipinski definition) is 3. The molecule has 5 fully saturated rings. The molecule has 5 aliphatic rings.